The SMILES string of the molecule is CC(=O)N1C(=O)/C(=N\N=C\c2cccs2)c2cc(F)ccc21. The number of imide groups is 1. The third-order valence-corrected chi connectivity index (χ3v) is 3.87. The summed E-state index contributed by atoms with van der Waals surface area (Å²) in [5, 5.41) is 9.62. The highest BCUT2D eigenvalue weighted by atomic mass is 32.1. The topological polar surface area (TPSA) is 62.1 Å². The van der Waals surface area contributed by atoms with Crippen LogP contribution in [0, 0.1) is 5.82 Å². The minimum absolute atomic E-state index is 0.0440. The highest BCUT2D eigenvalue weighted by Gasteiger charge is 2.37. The van der Waals surface area contributed by atoms with E-state index in [4.69, 9.17) is 0 Å². The molecule has 3 rings (SSSR count). The highest BCUT2D eigenvalue weighted by Crippen LogP contribution is 2.30. The van der Waals surface area contributed by atoms with Crippen LogP contribution >= 0.6 is 11.3 Å². The Morgan fingerprint density at radius 3 is 2.86 bits per heavy atom. The molecular formula is C15H10FN3O2S. The molecule has 0 atom stereocenters. The maximum Gasteiger partial charge on any atom is 0.286 e. The van der Waals surface area contributed by atoms with Gasteiger partial charge in [-0.15, -0.1) is 16.4 Å². The molecule has 0 fully saturated rings. The summed E-state index contributed by atoms with van der Waals surface area (Å²) in [5.74, 6) is -1.56. The molecule has 2 amide bonds. The van der Waals surface area contributed by atoms with Gasteiger partial charge in [-0.25, -0.2) is 9.29 Å². The highest BCUT2D eigenvalue weighted by molar-refractivity contribution is 7.11. The van der Waals surface area contributed by atoms with Gasteiger partial charge in [0.15, 0.2) is 5.71 Å². The van der Waals surface area contributed by atoms with Crippen LogP contribution in [0.15, 0.2) is 45.9 Å². The monoisotopic (exact) mass is 315 g/mol. The first-order valence-electron chi connectivity index (χ1n) is 6.37. The lowest BCUT2D eigenvalue weighted by Gasteiger charge is -2.11. The van der Waals surface area contributed by atoms with Gasteiger partial charge in [0.1, 0.15) is 5.82 Å². The number of amides is 2. The van der Waals surface area contributed by atoms with E-state index in [1.54, 1.807) is 0 Å². The van der Waals surface area contributed by atoms with Crippen molar-refractivity contribution >= 4 is 40.8 Å². The first-order chi connectivity index (χ1) is 10.6. The predicted molar refractivity (Wildman–Crippen MR) is 83.0 cm³/mol. The Morgan fingerprint density at radius 1 is 1.36 bits per heavy atom. The van der Waals surface area contributed by atoms with Crippen molar-refractivity contribution in [3.63, 3.8) is 0 Å². The Morgan fingerprint density at radius 2 is 2.18 bits per heavy atom. The molecule has 2 heterocycles. The molecule has 1 aromatic carbocycles. The molecule has 0 spiro atoms. The van der Waals surface area contributed by atoms with E-state index in [0.29, 0.717) is 5.69 Å². The third-order valence-electron chi connectivity index (χ3n) is 3.06. The normalized spacial score (nSPS) is 15.8. The van der Waals surface area contributed by atoms with E-state index in [9.17, 15) is 14.0 Å². The van der Waals surface area contributed by atoms with Gasteiger partial charge in [-0.3, -0.25) is 9.59 Å². The number of anilines is 1. The number of nitrogens with zero attached hydrogens (tertiary/aromatic N) is 3. The molecule has 1 aromatic heterocycles. The molecule has 2 aromatic rings. The van der Waals surface area contributed by atoms with Crippen molar-refractivity contribution in [2.24, 2.45) is 10.2 Å². The molecule has 1 aliphatic heterocycles. The van der Waals surface area contributed by atoms with Crippen LogP contribution < -0.4 is 4.90 Å². The lowest BCUT2D eigenvalue weighted by Crippen LogP contribution is -2.34. The number of benzene rings is 1. The summed E-state index contributed by atoms with van der Waals surface area (Å²) < 4.78 is 13.4. The minimum Gasteiger partial charge on any atom is -0.274 e. The number of hydrogen-bond acceptors (Lipinski definition) is 5. The quantitative estimate of drug-likeness (QED) is 0.632. The van der Waals surface area contributed by atoms with Gasteiger partial charge in [-0.1, -0.05) is 6.07 Å². The third kappa shape index (κ3) is 2.46. The zero-order valence-electron chi connectivity index (χ0n) is 11.5. The molecule has 110 valence electrons. The Balaban J connectivity index is 2.03. The molecule has 7 heteroatoms. The van der Waals surface area contributed by atoms with Crippen molar-refractivity contribution in [3.8, 4) is 0 Å². The van der Waals surface area contributed by atoms with Gasteiger partial charge in [0.2, 0.25) is 5.91 Å². The molecule has 0 N–H and O–H groups in total. The van der Waals surface area contributed by atoms with E-state index in [1.165, 1.54) is 42.7 Å². The van der Waals surface area contributed by atoms with Crippen LogP contribution in [0.5, 0.6) is 0 Å². The molecule has 0 radical (unpaired) electrons. The second-order valence-corrected chi connectivity index (χ2v) is 5.51. The van der Waals surface area contributed by atoms with E-state index >= 15 is 0 Å². The van der Waals surface area contributed by atoms with Crippen molar-refractivity contribution in [1.29, 1.82) is 0 Å². The standard InChI is InChI=1S/C15H10FN3O2S/c1-9(20)19-13-5-4-10(16)7-12(13)14(15(19)21)18-17-8-11-3-2-6-22-11/h2-8H,1H3/b17-8+,18-14-. The first-order valence-corrected chi connectivity index (χ1v) is 7.25. The molecule has 22 heavy (non-hydrogen) atoms. The fourth-order valence-electron chi connectivity index (χ4n) is 2.14. The van der Waals surface area contributed by atoms with E-state index in [2.05, 4.69) is 10.2 Å². The number of fused-ring (bicyclic) bond motifs is 1. The van der Waals surface area contributed by atoms with Crippen molar-refractivity contribution in [3.05, 3.63) is 52.0 Å². The lowest BCUT2D eigenvalue weighted by molar-refractivity contribution is -0.121. The average molecular weight is 315 g/mol. The molecule has 0 saturated carbocycles. The fourth-order valence-corrected chi connectivity index (χ4v) is 2.72. The van der Waals surface area contributed by atoms with Gasteiger partial charge in [0, 0.05) is 17.4 Å². The number of hydrogen-bond donors (Lipinski definition) is 0. The molecule has 5 nitrogen and oxygen atoms in total. The summed E-state index contributed by atoms with van der Waals surface area (Å²) >= 11 is 1.47. The Hall–Kier alpha value is -2.67. The van der Waals surface area contributed by atoms with Crippen LogP contribution in [0.25, 0.3) is 0 Å². The zero-order valence-corrected chi connectivity index (χ0v) is 12.3. The van der Waals surface area contributed by atoms with Gasteiger partial charge in [-0.05, 0) is 29.6 Å². The smallest absolute Gasteiger partial charge is 0.274 e. The van der Waals surface area contributed by atoms with Gasteiger partial charge >= 0.3 is 0 Å². The van der Waals surface area contributed by atoms with Crippen LogP contribution in [-0.2, 0) is 9.59 Å². The molecule has 0 unspecified atom stereocenters. The molecule has 0 aliphatic carbocycles. The van der Waals surface area contributed by atoms with Crippen molar-refractivity contribution in [1.82, 2.24) is 0 Å². The average Bonchev–Trinajstić information content (AvgIpc) is 3.06. The Bertz CT molecular complexity index is 812. The first kappa shape index (κ1) is 14.3. The van der Waals surface area contributed by atoms with Crippen molar-refractivity contribution in [2.75, 3.05) is 4.90 Å². The van der Waals surface area contributed by atoms with Gasteiger partial charge < -0.3 is 0 Å². The summed E-state index contributed by atoms with van der Waals surface area (Å²) in [6, 6.07) is 7.47. The van der Waals surface area contributed by atoms with Gasteiger partial charge in [-0.2, -0.15) is 5.10 Å². The van der Waals surface area contributed by atoms with Crippen LogP contribution in [-0.4, -0.2) is 23.7 Å². The van der Waals surface area contributed by atoms with E-state index in [0.717, 1.165) is 9.78 Å². The maximum atomic E-state index is 13.4. The lowest BCUT2D eigenvalue weighted by atomic mass is 10.1. The largest absolute Gasteiger partial charge is 0.286 e. The summed E-state index contributed by atoms with van der Waals surface area (Å²) in [6.45, 7) is 1.27. The zero-order chi connectivity index (χ0) is 15.7. The molecular weight excluding hydrogens is 305 g/mol. The summed E-state index contributed by atoms with van der Waals surface area (Å²) in [7, 11) is 0. The van der Waals surface area contributed by atoms with Crippen LogP contribution in [0.3, 0.4) is 0 Å². The maximum absolute atomic E-state index is 13.4. The number of halogens is 1. The van der Waals surface area contributed by atoms with Gasteiger partial charge in [0.05, 0.1) is 11.9 Å². The molecule has 1 aliphatic rings. The summed E-state index contributed by atoms with van der Waals surface area (Å²) in [6.07, 6.45) is 1.50. The number of thiophene rings is 1. The number of carbonyl (C=O) groups excluding carboxylic acids is 2. The van der Waals surface area contributed by atoms with Crippen molar-refractivity contribution in [2.45, 2.75) is 6.92 Å². The second kappa shape index (κ2) is 5.61. The van der Waals surface area contributed by atoms with E-state index < -0.39 is 17.6 Å². The van der Waals surface area contributed by atoms with E-state index in [-0.39, 0.29) is 11.3 Å². The Labute approximate surface area is 129 Å². The number of carbonyl (C=O) groups is 2. The number of rotatable bonds is 2. The fraction of sp³-hybridized carbons (Fsp3) is 0.0667. The predicted octanol–water partition coefficient (Wildman–Crippen LogP) is 2.60. The summed E-state index contributed by atoms with van der Waals surface area (Å²) in [5.41, 5.74) is 0.546. The van der Waals surface area contributed by atoms with Crippen LogP contribution in [0.1, 0.15) is 17.4 Å². The second-order valence-electron chi connectivity index (χ2n) is 4.53. The van der Waals surface area contributed by atoms with Crippen LogP contribution in [0.2, 0.25) is 0 Å². The Kier molecular flexibility index (Phi) is 3.64. The summed E-state index contributed by atoms with van der Waals surface area (Å²) in [4.78, 5) is 25.8. The van der Waals surface area contributed by atoms with Crippen LogP contribution in [0.4, 0.5) is 10.1 Å². The van der Waals surface area contributed by atoms with Crippen molar-refractivity contribution < 1.29 is 14.0 Å². The molecule has 0 bridgehead atoms. The molecule has 0 saturated heterocycles. The van der Waals surface area contributed by atoms with Gasteiger partial charge in [0.25, 0.3) is 5.91 Å². The van der Waals surface area contributed by atoms with E-state index in [1.807, 2.05) is 17.5 Å². The minimum atomic E-state index is -0.601.